The van der Waals surface area contributed by atoms with Gasteiger partial charge in [0.25, 0.3) is 0 Å². The topological polar surface area (TPSA) is 113 Å². The SMILES string of the molecule is N.O=C(O)O.OCC(F)(F)F. The standard InChI is InChI=1S/C2H3F3O.CH2O3.H3N/c3-2(4,5)1-6;2-1(3)4;/h6H,1H2;(H2,2,3,4);1H3. The van der Waals surface area contributed by atoms with Gasteiger partial charge in [0.15, 0.2) is 0 Å². The first-order valence-electron chi connectivity index (χ1n) is 1.89. The van der Waals surface area contributed by atoms with Gasteiger partial charge in [-0.25, -0.2) is 4.79 Å². The Morgan fingerprint density at radius 2 is 1.36 bits per heavy atom. The molecule has 0 aromatic heterocycles. The zero-order chi connectivity index (χ0) is 8.78. The fourth-order valence-electron chi connectivity index (χ4n) is 0. The molecular formula is C3H8F3NO4. The maximum Gasteiger partial charge on any atom is 0.503 e. The molecule has 8 heteroatoms. The Bertz CT molecular complexity index is 99.2. The molecule has 0 saturated heterocycles. The predicted molar refractivity (Wildman–Crippen MR) is 28.8 cm³/mol. The molecule has 0 aliphatic carbocycles. The fraction of sp³-hybridized carbons (Fsp3) is 0.667. The Kier molecular flexibility index (Phi) is 10.6. The third-order valence-corrected chi connectivity index (χ3v) is 0.179. The number of hydrogen-bond acceptors (Lipinski definition) is 3. The minimum absolute atomic E-state index is 0. The molecule has 0 bridgehead atoms. The molecule has 0 radical (unpaired) electrons. The van der Waals surface area contributed by atoms with E-state index in [9.17, 15) is 13.2 Å². The third-order valence-electron chi connectivity index (χ3n) is 0.179. The van der Waals surface area contributed by atoms with Crippen molar-refractivity contribution in [1.29, 1.82) is 0 Å². The molecule has 5 nitrogen and oxygen atoms in total. The lowest BCUT2D eigenvalue weighted by atomic mass is 10.7. The highest BCUT2D eigenvalue weighted by molar-refractivity contribution is 5.53. The molecule has 0 heterocycles. The summed E-state index contributed by atoms with van der Waals surface area (Å²) in [5, 5.41) is 21.2. The Balaban J connectivity index is -0.000000114. The maximum atomic E-state index is 10.5. The third kappa shape index (κ3) is 112. The number of alkyl halides is 3. The summed E-state index contributed by atoms with van der Waals surface area (Å²) in [5.41, 5.74) is 0. The summed E-state index contributed by atoms with van der Waals surface area (Å²) < 4.78 is 31.6. The zero-order valence-corrected chi connectivity index (χ0v) is 5.30. The monoisotopic (exact) mass is 179 g/mol. The van der Waals surface area contributed by atoms with Gasteiger partial charge in [0.05, 0.1) is 0 Å². The highest BCUT2D eigenvalue weighted by Crippen LogP contribution is 2.11. The quantitative estimate of drug-likeness (QED) is 0.441. The van der Waals surface area contributed by atoms with Crippen LogP contribution in [0, 0.1) is 0 Å². The molecule has 0 rings (SSSR count). The summed E-state index contributed by atoms with van der Waals surface area (Å²) in [6.07, 6.45) is -6.24. The first-order valence-corrected chi connectivity index (χ1v) is 1.89. The molecule has 0 unspecified atom stereocenters. The molecule has 0 atom stereocenters. The van der Waals surface area contributed by atoms with Gasteiger partial charge in [-0.2, -0.15) is 13.2 Å². The molecule has 70 valence electrons. The van der Waals surface area contributed by atoms with Crippen molar-refractivity contribution in [2.75, 3.05) is 6.61 Å². The van der Waals surface area contributed by atoms with E-state index in [1.54, 1.807) is 0 Å². The summed E-state index contributed by atoms with van der Waals surface area (Å²) in [6, 6.07) is 0. The average molecular weight is 179 g/mol. The first kappa shape index (κ1) is 16.5. The van der Waals surface area contributed by atoms with Crippen LogP contribution in [0.4, 0.5) is 18.0 Å². The first-order chi connectivity index (χ1) is 4.29. The highest BCUT2D eigenvalue weighted by Gasteiger charge is 2.24. The molecule has 11 heavy (non-hydrogen) atoms. The summed E-state index contributed by atoms with van der Waals surface area (Å²) in [5.74, 6) is 0. The van der Waals surface area contributed by atoms with Crippen LogP contribution in [0.15, 0.2) is 0 Å². The molecule has 0 spiro atoms. The van der Waals surface area contributed by atoms with E-state index < -0.39 is 18.9 Å². The van der Waals surface area contributed by atoms with E-state index in [0.717, 1.165) is 0 Å². The minimum atomic E-state index is -4.40. The van der Waals surface area contributed by atoms with Gasteiger partial charge in [-0.15, -0.1) is 0 Å². The molecule has 0 aromatic rings. The van der Waals surface area contributed by atoms with E-state index in [1.165, 1.54) is 0 Å². The normalized spacial score (nSPS) is 8.73. The van der Waals surface area contributed by atoms with Crippen molar-refractivity contribution >= 4 is 6.16 Å². The number of rotatable bonds is 0. The van der Waals surface area contributed by atoms with E-state index in [4.69, 9.17) is 20.1 Å². The Morgan fingerprint density at radius 3 is 1.36 bits per heavy atom. The molecular weight excluding hydrogens is 171 g/mol. The summed E-state index contributed by atoms with van der Waals surface area (Å²) in [4.78, 5) is 8.56. The number of hydrogen-bond donors (Lipinski definition) is 4. The lowest BCUT2D eigenvalue weighted by Crippen LogP contribution is -2.12. The van der Waals surface area contributed by atoms with Crippen LogP contribution < -0.4 is 6.15 Å². The largest absolute Gasteiger partial charge is 0.503 e. The van der Waals surface area contributed by atoms with Crippen LogP contribution in [0.1, 0.15) is 0 Å². The van der Waals surface area contributed by atoms with Crippen LogP contribution in [-0.2, 0) is 0 Å². The van der Waals surface area contributed by atoms with Crippen LogP contribution in [0.5, 0.6) is 0 Å². The van der Waals surface area contributed by atoms with Gasteiger partial charge in [-0.1, -0.05) is 0 Å². The van der Waals surface area contributed by atoms with Crippen molar-refractivity contribution in [3.8, 4) is 0 Å². The molecule has 0 fully saturated rings. The summed E-state index contributed by atoms with van der Waals surface area (Å²) in [6.45, 7) is -1.73. The smallest absolute Gasteiger partial charge is 0.450 e. The van der Waals surface area contributed by atoms with Gasteiger partial charge in [0.2, 0.25) is 0 Å². The molecule has 0 aliphatic rings. The number of aliphatic hydroxyl groups excluding tert-OH is 1. The van der Waals surface area contributed by atoms with Gasteiger partial charge in [0.1, 0.15) is 6.61 Å². The average Bonchev–Trinajstić information content (AvgIpc) is 1.63. The van der Waals surface area contributed by atoms with Gasteiger partial charge >= 0.3 is 12.3 Å². The number of carboxylic acid groups (broad SMARTS) is 2. The lowest BCUT2D eigenvalue weighted by molar-refractivity contribution is -0.159. The van der Waals surface area contributed by atoms with Crippen molar-refractivity contribution < 1.29 is 33.3 Å². The minimum Gasteiger partial charge on any atom is -0.450 e. The van der Waals surface area contributed by atoms with Gasteiger partial charge < -0.3 is 21.5 Å². The van der Waals surface area contributed by atoms with Gasteiger partial charge in [-0.05, 0) is 0 Å². The Labute approximate surface area is 59.7 Å². The fourth-order valence-corrected chi connectivity index (χ4v) is 0. The van der Waals surface area contributed by atoms with Crippen molar-refractivity contribution in [1.82, 2.24) is 6.15 Å². The van der Waals surface area contributed by atoms with E-state index >= 15 is 0 Å². The molecule has 0 amide bonds. The molecule has 6 N–H and O–H groups in total. The number of carbonyl (C=O) groups is 1. The molecule has 0 aliphatic heterocycles. The number of halogens is 3. The van der Waals surface area contributed by atoms with Crippen molar-refractivity contribution in [3.63, 3.8) is 0 Å². The summed E-state index contributed by atoms with van der Waals surface area (Å²) >= 11 is 0. The molecule has 0 aromatic carbocycles. The second-order valence-corrected chi connectivity index (χ2v) is 1.06. The predicted octanol–water partition coefficient (Wildman–Crippen LogP) is 0.925. The second-order valence-electron chi connectivity index (χ2n) is 1.06. The van der Waals surface area contributed by atoms with E-state index in [0.29, 0.717) is 0 Å². The molecule has 0 saturated carbocycles. The van der Waals surface area contributed by atoms with Crippen LogP contribution in [0.25, 0.3) is 0 Å². The van der Waals surface area contributed by atoms with E-state index in [1.807, 2.05) is 0 Å². The van der Waals surface area contributed by atoms with Crippen LogP contribution >= 0.6 is 0 Å². The zero-order valence-electron chi connectivity index (χ0n) is 5.30. The Morgan fingerprint density at radius 1 is 1.27 bits per heavy atom. The van der Waals surface area contributed by atoms with Crippen LogP contribution in [0.3, 0.4) is 0 Å². The van der Waals surface area contributed by atoms with Crippen molar-refractivity contribution in [2.45, 2.75) is 6.18 Å². The summed E-state index contributed by atoms with van der Waals surface area (Å²) in [7, 11) is 0. The maximum absolute atomic E-state index is 10.5. The van der Waals surface area contributed by atoms with Crippen LogP contribution in [0.2, 0.25) is 0 Å². The van der Waals surface area contributed by atoms with Gasteiger partial charge in [-0.3, -0.25) is 0 Å². The second kappa shape index (κ2) is 7.09. The van der Waals surface area contributed by atoms with Crippen molar-refractivity contribution in [3.05, 3.63) is 0 Å². The van der Waals surface area contributed by atoms with E-state index in [-0.39, 0.29) is 6.15 Å². The van der Waals surface area contributed by atoms with Gasteiger partial charge in [0, 0.05) is 0 Å². The Hall–Kier alpha value is -1.02. The van der Waals surface area contributed by atoms with Crippen LogP contribution in [-0.4, -0.2) is 34.3 Å². The van der Waals surface area contributed by atoms with Crippen molar-refractivity contribution in [2.24, 2.45) is 0 Å². The highest BCUT2D eigenvalue weighted by atomic mass is 19.4. The number of aliphatic hydroxyl groups is 1. The van der Waals surface area contributed by atoms with E-state index in [2.05, 4.69) is 0 Å². The lowest BCUT2D eigenvalue weighted by Gasteiger charge is -1.95.